The number of carboxylic acids is 1. The average molecular weight is 373 g/mol. The van der Waals surface area contributed by atoms with E-state index in [4.69, 9.17) is 9.84 Å². The van der Waals surface area contributed by atoms with Crippen molar-refractivity contribution >= 4 is 29.3 Å². The zero-order valence-corrected chi connectivity index (χ0v) is 15.8. The van der Waals surface area contributed by atoms with Gasteiger partial charge >= 0.3 is 5.97 Å². The number of ether oxygens (including phenoxy) is 1. The van der Waals surface area contributed by atoms with Crippen LogP contribution in [0.5, 0.6) is 5.75 Å². The lowest BCUT2D eigenvalue weighted by atomic mass is 10.1. The third-order valence-electron chi connectivity index (χ3n) is 3.70. The summed E-state index contributed by atoms with van der Waals surface area (Å²) < 4.78 is 5.66. The molecule has 0 heterocycles. The van der Waals surface area contributed by atoms with Gasteiger partial charge in [0.25, 0.3) is 5.91 Å². The number of nitrogens with one attached hydrogen (secondary N) is 1. The number of aliphatic carboxylic acids is 1. The number of carbonyl (C=O) groups excluding carboxylic acids is 1. The Labute approximate surface area is 157 Å². The van der Waals surface area contributed by atoms with Crippen molar-refractivity contribution in [1.82, 2.24) is 0 Å². The van der Waals surface area contributed by atoms with Crippen LogP contribution in [-0.4, -0.2) is 29.3 Å². The topological polar surface area (TPSA) is 75.6 Å². The Morgan fingerprint density at radius 1 is 1.12 bits per heavy atom. The summed E-state index contributed by atoms with van der Waals surface area (Å²) in [5.41, 5.74) is 3.74. The summed E-state index contributed by atoms with van der Waals surface area (Å²) in [4.78, 5) is 22.7. The van der Waals surface area contributed by atoms with Gasteiger partial charge in [0.15, 0.2) is 6.61 Å². The monoisotopic (exact) mass is 373 g/mol. The van der Waals surface area contributed by atoms with Gasteiger partial charge in [-0.1, -0.05) is 30.3 Å². The van der Waals surface area contributed by atoms with Crippen LogP contribution in [0.25, 0.3) is 0 Å². The predicted octanol–water partition coefficient (Wildman–Crippen LogP) is 4.03. The largest absolute Gasteiger partial charge is 0.483 e. The van der Waals surface area contributed by atoms with Crippen molar-refractivity contribution in [2.45, 2.75) is 26.0 Å². The molecule has 0 saturated carbocycles. The first-order valence-corrected chi connectivity index (χ1v) is 9.48. The zero-order chi connectivity index (χ0) is 18.9. The average Bonchev–Trinajstić information content (AvgIpc) is 2.58. The molecule has 0 fully saturated rings. The fraction of sp³-hybridized carbons (Fsp3) is 0.300. The van der Waals surface area contributed by atoms with E-state index < -0.39 is 5.97 Å². The molecule has 2 rings (SSSR count). The molecule has 0 radical (unpaired) electrons. The lowest BCUT2D eigenvalue weighted by Gasteiger charge is -2.12. The van der Waals surface area contributed by atoms with Gasteiger partial charge in [0, 0.05) is 17.2 Å². The van der Waals surface area contributed by atoms with Crippen molar-refractivity contribution < 1.29 is 19.4 Å². The number of para-hydroxylation sites is 1. The maximum absolute atomic E-state index is 12.1. The van der Waals surface area contributed by atoms with Gasteiger partial charge in [-0.3, -0.25) is 9.59 Å². The number of amides is 1. The van der Waals surface area contributed by atoms with Gasteiger partial charge in [-0.2, -0.15) is 11.8 Å². The highest BCUT2D eigenvalue weighted by Crippen LogP contribution is 2.22. The molecule has 138 valence electrons. The molecule has 2 aromatic rings. The Kier molecular flexibility index (Phi) is 7.53. The SMILES string of the molecule is Cc1cccc(C)c1OCC(=O)Nc1cccc(CSCCC(=O)O)c1. The highest BCUT2D eigenvalue weighted by molar-refractivity contribution is 7.98. The minimum absolute atomic E-state index is 0.0523. The van der Waals surface area contributed by atoms with Crippen LogP contribution in [0.15, 0.2) is 42.5 Å². The van der Waals surface area contributed by atoms with Crippen molar-refractivity contribution in [3.8, 4) is 5.75 Å². The van der Waals surface area contributed by atoms with Crippen molar-refractivity contribution in [3.05, 3.63) is 59.2 Å². The van der Waals surface area contributed by atoms with E-state index in [1.807, 2.05) is 56.3 Å². The van der Waals surface area contributed by atoms with Crippen LogP contribution in [0.1, 0.15) is 23.1 Å². The molecule has 0 atom stereocenters. The Bertz CT molecular complexity index is 756. The van der Waals surface area contributed by atoms with Crippen LogP contribution in [0.4, 0.5) is 5.69 Å². The van der Waals surface area contributed by atoms with Crippen LogP contribution >= 0.6 is 11.8 Å². The van der Waals surface area contributed by atoms with E-state index in [0.717, 1.165) is 22.4 Å². The molecule has 0 unspecified atom stereocenters. The molecule has 0 bridgehead atoms. The Balaban J connectivity index is 1.85. The van der Waals surface area contributed by atoms with Crippen LogP contribution in [0.2, 0.25) is 0 Å². The van der Waals surface area contributed by atoms with Crippen LogP contribution in [0, 0.1) is 13.8 Å². The molecule has 2 aromatic carbocycles. The van der Waals surface area contributed by atoms with Gasteiger partial charge in [-0.25, -0.2) is 0 Å². The van der Waals surface area contributed by atoms with Gasteiger partial charge in [-0.15, -0.1) is 0 Å². The standard InChI is InChI=1S/C20H23NO4S/c1-14-5-3-6-15(2)20(14)25-12-18(22)21-17-8-4-7-16(11-17)13-26-10-9-19(23)24/h3-8,11H,9-10,12-13H2,1-2H3,(H,21,22)(H,23,24). The third-order valence-corrected chi connectivity index (χ3v) is 4.73. The highest BCUT2D eigenvalue weighted by atomic mass is 32.2. The molecule has 2 N–H and O–H groups in total. The first-order valence-electron chi connectivity index (χ1n) is 8.33. The number of anilines is 1. The second-order valence-corrected chi connectivity index (χ2v) is 7.06. The van der Waals surface area contributed by atoms with Gasteiger partial charge in [-0.05, 0) is 42.7 Å². The summed E-state index contributed by atoms with van der Waals surface area (Å²) >= 11 is 1.55. The summed E-state index contributed by atoms with van der Waals surface area (Å²) in [6, 6.07) is 13.4. The summed E-state index contributed by atoms with van der Waals surface area (Å²) in [7, 11) is 0. The molecule has 1 amide bonds. The van der Waals surface area contributed by atoms with Crippen molar-refractivity contribution in [3.63, 3.8) is 0 Å². The Hall–Kier alpha value is -2.47. The number of aryl methyl sites for hydroxylation is 2. The summed E-state index contributed by atoms with van der Waals surface area (Å²) in [6.45, 7) is 3.85. The normalized spacial score (nSPS) is 10.4. The predicted molar refractivity (Wildman–Crippen MR) is 105 cm³/mol. The Morgan fingerprint density at radius 3 is 2.50 bits per heavy atom. The van der Waals surface area contributed by atoms with E-state index in [0.29, 0.717) is 17.2 Å². The van der Waals surface area contributed by atoms with E-state index in [1.165, 1.54) is 0 Å². The molecule has 0 spiro atoms. The maximum Gasteiger partial charge on any atom is 0.304 e. The molecule has 0 aromatic heterocycles. The molecular formula is C20H23NO4S. The van der Waals surface area contributed by atoms with Gasteiger partial charge in [0.1, 0.15) is 5.75 Å². The van der Waals surface area contributed by atoms with E-state index in [1.54, 1.807) is 11.8 Å². The van der Waals surface area contributed by atoms with Crippen molar-refractivity contribution in [2.24, 2.45) is 0 Å². The van der Waals surface area contributed by atoms with E-state index in [9.17, 15) is 9.59 Å². The van der Waals surface area contributed by atoms with Gasteiger partial charge in [0.05, 0.1) is 6.42 Å². The number of hydrogen-bond acceptors (Lipinski definition) is 4. The fourth-order valence-electron chi connectivity index (χ4n) is 2.45. The van der Waals surface area contributed by atoms with Crippen molar-refractivity contribution in [2.75, 3.05) is 17.7 Å². The van der Waals surface area contributed by atoms with Crippen LogP contribution in [0.3, 0.4) is 0 Å². The van der Waals surface area contributed by atoms with E-state index in [-0.39, 0.29) is 18.9 Å². The third kappa shape index (κ3) is 6.44. The van der Waals surface area contributed by atoms with Crippen molar-refractivity contribution in [1.29, 1.82) is 0 Å². The smallest absolute Gasteiger partial charge is 0.304 e. The first kappa shape index (κ1) is 19.8. The molecule has 26 heavy (non-hydrogen) atoms. The minimum atomic E-state index is -0.789. The molecular weight excluding hydrogens is 350 g/mol. The number of thioether (sulfide) groups is 1. The summed E-state index contributed by atoms with van der Waals surface area (Å²) in [5, 5.41) is 11.5. The number of hydrogen-bond donors (Lipinski definition) is 2. The van der Waals surface area contributed by atoms with Crippen LogP contribution < -0.4 is 10.1 Å². The molecule has 0 aliphatic rings. The number of rotatable bonds is 9. The Morgan fingerprint density at radius 2 is 1.81 bits per heavy atom. The molecule has 0 aliphatic carbocycles. The minimum Gasteiger partial charge on any atom is -0.483 e. The molecule has 0 saturated heterocycles. The molecule has 6 heteroatoms. The van der Waals surface area contributed by atoms with Gasteiger partial charge in [0.2, 0.25) is 0 Å². The van der Waals surface area contributed by atoms with Crippen LogP contribution in [-0.2, 0) is 15.3 Å². The second-order valence-electron chi connectivity index (χ2n) is 5.95. The first-order chi connectivity index (χ1) is 12.5. The lowest BCUT2D eigenvalue weighted by Crippen LogP contribution is -2.20. The fourth-order valence-corrected chi connectivity index (χ4v) is 3.33. The highest BCUT2D eigenvalue weighted by Gasteiger charge is 2.08. The quantitative estimate of drug-likeness (QED) is 0.649. The van der Waals surface area contributed by atoms with Gasteiger partial charge < -0.3 is 15.2 Å². The van der Waals surface area contributed by atoms with E-state index >= 15 is 0 Å². The number of benzene rings is 2. The zero-order valence-electron chi connectivity index (χ0n) is 15.0. The summed E-state index contributed by atoms with van der Waals surface area (Å²) in [5.74, 6) is 1.00. The maximum atomic E-state index is 12.1. The summed E-state index contributed by atoms with van der Waals surface area (Å²) in [6.07, 6.45) is 0.150. The second kappa shape index (κ2) is 9.87. The number of carboxylic acid groups (broad SMARTS) is 1. The molecule has 5 nitrogen and oxygen atoms in total. The lowest BCUT2D eigenvalue weighted by molar-refractivity contribution is -0.136. The number of carbonyl (C=O) groups is 2. The molecule has 0 aliphatic heterocycles. The van der Waals surface area contributed by atoms with E-state index in [2.05, 4.69) is 5.32 Å².